The van der Waals surface area contributed by atoms with E-state index in [1.165, 1.54) is 0 Å². The Balaban J connectivity index is 1.90. The van der Waals surface area contributed by atoms with Crippen LogP contribution in [0.2, 0.25) is 0 Å². The summed E-state index contributed by atoms with van der Waals surface area (Å²) in [5.74, 6) is -0.220. The zero-order valence-electron chi connectivity index (χ0n) is 12.0. The second-order valence-corrected chi connectivity index (χ2v) is 4.90. The Morgan fingerprint density at radius 1 is 1.35 bits per heavy atom. The van der Waals surface area contributed by atoms with Crippen LogP contribution in [0.3, 0.4) is 0 Å². The minimum atomic E-state index is -0.140. The number of nitrogens with zero attached hydrogens (tertiary/aromatic N) is 3. The molecule has 0 radical (unpaired) electrons. The van der Waals surface area contributed by atoms with Crippen molar-refractivity contribution in [2.24, 2.45) is 5.92 Å². The highest BCUT2D eigenvalue weighted by atomic mass is 16.5. The molecule has 0 aromatic carbocycles. The molecule has 6 heteroatoms. The number of piperidine rings is 1. The number of aromatic nitrogens is 2. The molecule has 1 fully saturated rings. The smallest absolute Gasteiger partial charge is 0.309 e. The Kier molecular flexibility index (Phi) is 4.76. The van der Waals surface area contributed by atoms with Gasteiger partial charge in [-0.3, -0.25) is 14.3 Å². The van der Waals surface area contributed by atoms with Gasteiger partial charge in [-0.2, -0.15) is 5.10 Å². The zero-order chi connectivity index (χ0) is 14.5. The zero-order valence-corrected chi connectivity index (χ0v) is 12.0. The largest absolute Gasteiger partial charge is 0.466 e. The monoisotopic (exact) mass is 279 g/mol. The van der Waals surface area contributed by atoms with Crippen molar-refractivity contribution < 1.29 is 14.3 Å². The summed E-state index contributed by atoms with van der Waals surface area (Å²) in [6, 6.07) is 0. The summed E-state index contributed by atoms with van der Waals surface area (Å²) in [4.78, 5) is 25.7. The van der Waals surface area contributed by atoms with Crippen LogP contribution in [-0.2, 0) is 16.1 Å². The van der Waals surface area contributed by atoms with Gasteiger partial charge < -0.3 is 9.64 Å². The highest BCUT2D eigenvalue weighted by molar-refractivity contribution is 5.93. The van der Waals surface area contributed by atoms with Crippen molar-refractivity contribution in [3.8, 4) is 0 Å². The van der Waals surface area contributed by atoms with Crippen molar-refractivity contribution in [1.29, 1.82) is 0 Å². The van der Waals surface area contributed by atoms with E-state index in [-0.39, 0.29) is 17.8 Å². The average molecular weight is 279 g/mol. The summed E-state index contributed by atoms with van der Waals surface area (Å²) in [5.41, 5.74) is 0.612. The summed E-state index contributed by atoms with van der Waals surface area (Å²) >= 11 is 0. The lowest BCUT2D eigenvalue weighted by molar-refractivity contribution is -0.149. The van der Waals surface area contributed by atoms with Gasteiger partial charge in [0.15, 0.2) is 0 Å². The Morgan fingerprint density at radius 2 is 2.05 bits per heavy atom. The molecule has 0 bridgehead atoms. The van der Waals surface area contributed by atoms with Crippen LogP contribution in [0.25, 0.3) is 0 Å². The minimum Gasteiger partial charge on any atom is -0.466 e. The molecule has 1 amide bonds. The molecule has 0 saturated carbocycles. The van der Waals surface area contributed by atoms with Crippen LogP contribution in [0.1, 0.15) is 37.0 Å². The number of esters is 1. The Hall–Kier alpha value is -1.85. The molecule has 0 aliphatic carbocycles. The molecule has 110 valence electrons. The van der Waals surface area contributed by atoms with Gasteiger partial charge in [0.1, 0.15) is 0 Å². The van der Waals surface area contributed by atoms with Gasteiger partial charge in [0.05, 0.1) is 24.3 Å². The van der Waals surface area contributed by atoms with Gasteiger partial charge in [-0.1, -0.05) is 0 Å². The molecule has 0 unspecified atom stereocenters. The molecule has 2 rings (SSSR count). The van der Waals surface area contributed by atoms with Crippen LogP contribution in [-0.4, -0.2) is 46.3 Å². The number of amides is 1. The summed E-state index contributed by atoms with van der Waals surface area (Å²) in [6.07, 6.45) is 4.71. The standard InChI is InChI=1S/C14H21N3O3/c1-3-17-10-12(9-15-17)13(18)16-7-5-11(6-8-16)14(19)20-4-2/h9-11H,3-8H2,1-2H3. The summed E-state index contributed by atoms with van der Waals surface area (Å²) in [5, 5.41) is 4.11. The quantitative estimate of drug-likeness (QED) is 0.780. The number of carbonyl (C=O) groups excluding carboxylic acids is 2. The first kappa shape index (κ1) is 14.6. The van der Waals surface area contributed by atoms with E-state index in [1.54, 1.807) is 22.0 Å². The number of hydrogen-bond acceptors (Lipinski definition) is 4. The highest BCUT2D eigenvalue weighted by Crippen LogP contribution is 2.20. The molecule has 1 aliphatic heterocycles. The first-order valence-corrected chi connectivity index (χ1v) is 7.14. The molecule has 0 atom stereocenters. The van der Waals surface area contributed by atoms with Gasteiger partial charge in [0.2, 0.25) is 0 Å². The fourth-order valence-corrected chi connectivity index (χ4v) is 2.41. The number of carbonyl (C=O) groups is 2. The third kappa shape index (κ3) is 3.18. The molecule has 0 N–H and O–H groups in total. The lowest BCUT2D eigenvalue weighted by atomic mass is 9.96. The summed E-state index contributed by atoms with van der Waals surface area (Å²) < 4.78 is 6.76. The maximum absolute atomic E-state index is 12.3. The normalized spacial score (nSPS) is 16.2. The molecule has 2 heterocycles. The van der Waals surface area contributed by atoms with E-state index in [9.17, 15) is 9.59 Å². The average Bonchev–Trinajstić information content (AvgIpc) is 2.96. The van der Waals surface area contributed by atoms with Crippen molar-refractivity contribution in [2.45, 2.75) is 33.2 Å². The Labute approximate surface area is 118 Å². The highest BCUT2D eigenvalue weighted by Gasteiger charge is 2.28. The maximum atomic E-state index is 12.3. The number of ether oxygens (including phenoxy) is 1. The van der Waals surface area contributed by atoms with Gasteiger partial charge in [-0.05, 0) is 26.7 Å². The summed E-state index contributed by atoms with van der Waals surface area (Å²) in [6.45, 7) is 6.14. The molecule has 20 heavy (non-hydrogen) atoms. The molecular formula is C14H21N3O3. The maximum Gasteiger partial charge on any atom is 0.309 e. The minimum absolute atomic E-state index is 0.00740. The van der Waals surface area contributed by atoms with Gasteiger partial charge in [0.25, 0.3) is 5.91 Å². The third-order valence-corrected chi connectivity index (χ3v) is 3.61. The van der Waals surface area contributed by atoms with Gasteiger partial charge >= 0.3 is 5.97 Å². The number of rotatable bonds is 4. The van der Waals surface area contributed by atoms with Gasteiger partial charge in [-0.25, -0.2) is 0 Å². The lowest BCUT2D eigenvalue weighted by Crippen LogP contribution is -2.40. The molecule has 1 aromatic heterocycles. The molecular weight excluding hydrogens is 258 g/mol. The molecule has 1 aromatic rings. The Morgan fingerprint density at radius 3 is 2.60 bits per heavy atom. The fraction of sp³-hybridized carbons (Fsp3) is 0.643. The van der Waals surface area contributed by atoms with Crippen LogP contribution in [0, 0.1) is 5.92 Å². The van der Waals surface area contributed by atoms with Crippen LogP contribution in [0.4, 0.5) is 0 Å². The second kappa shape index (κ2) is 6.54. The topological polar surface area (TPSA) is 64.4 Å². The first-order chi connectivity index (χ1) is 9.65. The van der Waals surface area contributed by atoms with Crippen molar-refractivity contribution in [1.82, 2.24) is 14.7 Å². The predicted octanol–water partition coefficient (Wildman–Crippen LogP) is 1.32. The van der Waals surface area contributed by atoms with E-state index >= 15 is 0 Å². The van der Waals surface area contributed by atoms with Crippen LogP contribution < -0.4 is 0 Å². The van der Waals surface area contributed by atoms with Gasteiger partial charge in [0, 0.05) is 25.8 Å². The van der Waals surface area contributed by atoms with E-state index < -0.39 is 0 Å². The fourth-order valence-electron chi connectivity index (χ4n) is 2.41. The lowest BCUT2D eigenvalue weighted by Gasteiger charge is -2.30. The SMILES string of the molecule is CCOC(=O)C1CCN(C(=O)c2cnn(CC)c2)CC1. The van der Waals surface area contributed by atoms with Crippen molar-refractivity contribution in [3.05, 3.63) is 18.0 Å². The summed E-state index contributed by atoms with van der Waals surface area (Å²) in [7, 11) is 0. The van der Waals surface area contributed by atoms with E-state index in [1.807, 2.05) is 13.8 Å². The first-order valence-electron chi connectivity index (χ1n) is 7.14. The van der Waals surface area contributed by atoms with Gasteiger partial charge in [-0.15, -0.1) is 0 Å². The van der Waals surface area contributed by atoms with Crippen LogP contribution >= 0.6 is 0 Å². The van der Waals surface area contributed by atoms with E-state index in [0.717, 1.165) is 6.54 Å². The van der Waals surface area contributed by atoms with Crippen molar-refractivity contribution >= 4 is 11.9 Å². The third-order valence-electron chi connectivity index (χ3n) is 3.61. The molecule has 6 nitrogen and oxygen atoms in total. The predicted molar refractivity (Wildman–Crippen MR) is 73.2 cm³/mol. The molecule has 0 spiro atoms. The van der Waals surface area contributed by atoms with Crippen LogP contribution in [0.5, 0.6) is 0 Å². The number of aryl methyl sites for hydroxylation is 1. The van der Waals surface area contributed by atoms with E-state index in [2.05, 4.69) is 5.10 Å². The molecule has 1 aliphatic rings. The van der Waals surface area contributed by atoms with Crippen molar-refractivity contribution in [3.63, 3.8) is 0 Å². The van der Waals surface area contributed by atoms with E-state index in [4.69, 9.17) is 4.74 Å². The van der Waals surface area contributed by atoms with Crippen LogP contribution in [0.15, 0.2) is 12.4 Å². The number of likely N-dealkylation sites (tertiary alicyclic amines) is 1. The molecule has 1 saturated heterocycles. The second-order valence-electron chi connectivity index (χ2n) is 4.90. The number of hydrogen-bond donors (Lipinski definition) is 0. The van der Waals surface area contributed by atoms with Crippen molar-refractivity contribution in [2.75, 3.05) is 19.7 Å². The Bertz CT molecular complexity index is 476. The van der Waals surface area contributed by atoms with E-state index in [0.29, 0.717) is 38.1 Å².